The van der Waals surface area contributed by atoms with Crippen LogP contribution >= 0.6 is 0 Å². The average molecular weight is 287 g/mol. The zero-order valence-electron chi connectivity index (χ0n) is 12.9. The third kappa shape index (κ3) is 3.07. The second-order valence-electron chi connectivity index (χ2n) is 5.27. The van der Waals surface area contributed by atoms with Crippen LogP contribution in [0.15, 0.2) is 24.3 Å². The molecule has 0 bridgehead atoms. The van der Waals surface area contributed by atoms with Crippen LogP contribution in [0.4, 0.5) is 11.4 Å². The van der Waals surface area contributed by atoms with E-state index in [0.717, 1.165) is 12.1 Å². The van der Waals surface area contributed by atoms with E-state index < -0.39 is 0 Å². The third-order valence-corrected chi connectivity index (χ3v) is 3.81. The van der Waals surface area contributed by atoms with Crippen molar-refractivity contribution in [2.24, 2.45) is 0 Å². The van der Waals surface area contributed by atoms with Gasteiger partial charge in [0.15, 0.2) is 0 Å². The fourth-order valence-electron chi connectivity index (χ4n) is 2.68. The number of nitrogens with zero attached hydrogens (tertiary/aromatic N) is 2. The number of nitrogens with one attached hydrogen (secondary N) is 1. The van der Waals surface area contributed by atoms with Crippen LogP contribution in [-0.4, -0.2) is 9.49 Å². The van der Waals surface area contributed by atoms with Crippen molar-refractivity contribution in [3.05, 3.63) is 56.9 Å². The SMILES string of the molecule is CCn1c(C)cc(CNc2cc(C)ccc2[N+](=O)[O-])c1C. The molecule has 0 saturated heterocycles. The molecular formula is C16H21N3O2. The number of aryl methyl sites for hydroxylation is 2. The summed E-state index contributed by atoms with van der Waals surface area (Å²) in [6, 6.07) is 7.25. The average Bonchev–Trinajstić information content (AvgIpc) is 2.70. The van der Waals surface area contributed by atoms with Crippen molar-refractivity contribution in [2.75, 3.05) is 5.32 Å². The molecule has 0 aliphatic carbocycles. The van der Waals surface area contributed by atoms with Crippen molar-refractivity contribution in [1.29, 1.82) is 0 Å². The maximum Gasteiger partial charge on any atom is 0.292 e. The molecule has 21 heavy (non-hydrogen) atoms. The Hall–Kier alpha value is -2.30. The predicted octanol–water partition coefficient (Wildman–Crippen LogP) is 3.95. The lowest BCUT2D eigenvalue weighted by molar-refractivity contribution is -0.384. The van der Waals surface area contributed by atoms with Crippen LogP contribution in [0.1, 0.15) is 29.4 Å². The predicted molar refractivity (Wildman–Crippen MR) is 84.7 cm³/mol. The normalized spacial score (nSPS) is 10.7. The first kappa shape index (κ1) is 15.1. The summed E-state index contributed by atoms with van der Waals surface area (Å²) < 4.78 is 2.24. The van der Waals surface area contributed by atoms with E-state index >= 15 is 0 Å². The first-order chi connectivity index (χ1) is 9.93. The number of anilines is 1. The van der Waals surface area contributed by atoms with Crippen LogP contribution in [0.3, 0.4) is 0 Å². The van der Waals surface area contributed by atoms with E-state index in [2.05, 4.69) is 36.7 Å². The highest BCUT2D eigenvalue weighted by molar-refractivity contribution is 5.62. The van der Waals surface area contributed by atoms with Crippen molar-refractivity contribution >= 4 is 11.4 Å². The molecule has 1 heterocycles. The number of nitro groups is 1. The Kier molecular flexibility index (Phi) is 4.31. The molecule has 0 amide bonds. The highest BCUT2D eigenvalue weighted by Crippen LogP contribution is 2.26. The van der Waals surface area contributed by atoms with Crippen molar-refractivity contribution in [3.8, 4) is 0 Å². The zero-order chi connectivity index (χ0) is 15.6. The van der Waals surface area contributed by atoms with Crippen molar-refractivity contribution in [1.82, 2.24) is 4.57 Å². The van der Waals surface area contributed by atoms with Crippen molar-refractivity contribution in [3.63, 3.8) is 0 Å². The summed E-state index contributed by atoms with van der Waals surface area (Å²) in [5.41, 5.74) is 5.28. The fourth-order valence-corrected chi connectivity index (χ4v) is 2.68. The van der Waals surface area contributed by atoms with Gasteiger partial charge in [-0.3, -0.25) is 10.1 Å². The first-order valence-electron chi connectivity index (χ1n) is 7.08. The van der Waals surface area contributed by atoms with Crippen LogP contribution < -0.4 is 5.32 Å². The van der Waals surface area contributed by atoms with E-state index in [1.54, 1.807) is 12.1 Å². The first-order valence-corrected chi connectivity index (χ1v) is 7.08. The molecule has 112 valence electrons. The Labute approximate surface area is 124 Å². The summed E-state index contributed by atoms with van der Waals surface area (Å²) >= 11 is 0. The molecular weight excluding hydrogens is 266 g/mol. The van der Waals surface area contributed by atoms with E-state index in [1.165, 1.54) is 17.0 Å². The lowest BCUT2D eigenvalue weighted by atomic mass is 10.1. The highest BCUT2D eigenvalue weighted by Gasteiger charge is 2.14. The van der Waals surface area contributed by atoms with Gasteiger partial charge in [0.25, 0.3) is 5.69 Å². The van der Waals surface area contributed by atoms with Crippen LogP contribution in [0.2, 0.25) is 0 Å². The Morgan fingerprint density at radius 2 is 1.95 bits per heavy atom. The van der Waals surface area contributed by atoms with Crippen molar-refractivity contribution < 1.29 is 4.92 Å². The summed E-state index contributed by atoms with van der Waals surface area (Å²) in [4.78, 5) is 10.7. The van der Waals surface area contributed by atoms with Gasteiger partial charge in [-0.15, -0.1) is 0 Å². The molecule has 1 N–H and O–H groups in total. The number of hydrogen-bond donors (Lipinski definition) is 1. The van der Waals surface area contributed by atoms with Gasteiger partial charge >= 0.3 is 0 Å². The minimum absolute atomic E-state index is 0.116. The Bertz CT molecular complexity index is 674. The number of rotatable bonds is 5. The highest BCUT2D eigenvalue weighted by atomic mass is 16.6. The Balaban J connectivity index is 2.24. The number of hydrogen-bond acceptors (Lipinski definition) is 3. The monoisotopic (exact) mass is 287 g/mol. The molecule has 0 aliphatic rings. The molecule has 2 rings (SSSR count). The van der Waals surface area contributed by atoms with Gasteiger partial charge in [0, 0.05) is 30.5 Å². The lowest BCUT2D eigenvalue weighted by Crippen LogP contribution is -2.05. The van der Waals surface area contributed by atoms with Gasteiger partial charge in [0.2, 0.25) is 0 Å². The lowest BCUT2D eigenvalue weighted by Gasteiger charge is -2.09. The van der Waals surface area contributed by atoms with Crippen LogP contribution in [0.25, 0.3) is 0 Å². The molecule has 0 spiro atoms. The van der Waals surface area contributed by atoms with E-state index in [1.807, 2.05) is 13.0 Å². The molecule has 0 fully saturated rings. The Morgan fingerprint density at radius 3 is 2.52 bits per heavy atom. The maximum absolute atomic E-state index is 11.1. The molecule has 1 aromatic heterocycles. The molecule has 0 saturated carbocycles. The molecule has 1 aromatic carbocycles. The summed E-state index contributed by atoms with van der Waals surface area (Å²) in [7, 11) is 0. The zero-order valence-corrected chi connectivity index (χ0v) is 12.9. The van der Waals surface area contributed by atoms with Gasteiger partial charge in [-0.1, -0.05) is 6.07 Å². The topological polar surface area (TPSA) is 60.1 Å². The summed E-state index contributed by atoms with van der Waals surface area (Å²) in [6.07, 6.45) is 0. The summed E-state index contributed by atoms with van der Waals surface area (Å²) in [6.45, 7) is 9.72. The van der Waals surface area contributed by atoms with Gasteiger partial charge in [-0.05, 0) is 51.0 Å². The van der Waals surface area contributed by atoms with E-state index in [-0.39, 0.29) is 10.6 Å². The number of aromatic nitrogens is 1. The summed E-state index contributed by atoms with van der Waals surface area (Å²) in [5, 5.41) is 14.3. The molecule has 0 atom stereocenters. The largest absolute Gasteiger partial charge is 0.375 e. The van der Waals surface area contributed by atoms with Gasteiger partial charge < -0.3 is 9.88 Å². The molecule has 2 aromatic rings. The third-order valence-electron chi connectivity index (χ3n) is 3.81. The molecule has 5 nitrogen and oxygen atoms in total. The van der Waals surface area contributed by atoms with Crippen LogP contribution in [-0.2, 0) is 13.1 Å². The molecule has 0 radical (unpaired) electrons. The minimum atomic E-state index is -0.350. The van der Waals surface area contributed by atoms with E-state index in [9.17, 15) is 10.1 Å². The second-order valence-corrected chi connectivity index (χ2v) is 5.27. The van der Waals surface area contributed by atoms with Gasteiger partial charge in [-0.25, -0.2) is 0 Å². The fraction of sp³-hybridized carbons (Fsp3) is 0.375. The van der Waals surface area contributed by atoms with E-state index in [0.29, 0.717) is 12.2 Å². The van der Waals surface area contributed by atoms with E-state index in [4.69, 9.17) is 0 Å². The molecule has 5 heteroatoms. The van der Waals surface area contributed by atoms with Crippen LogP contribution in [0.5, 0.6) is 0 Å². The maximum atomic E-state index is 11.1. The van der Waals surface area contributed by atoms with Crippen molar-refractivity contribution in [2.45, 2.75) is 40.8 Å². The minimum Gasteiger partial charge on any atom is -0.375 e. The standard InChI is InChI=1S/C16H21N3O2/c1-5-18-12(3)9-14(13(18)4)10-17-15-8-11(2)6-7-16(15)19(20)21/h6-9,17H,5,10H2,1-4H3. The van der Waals surface area contributed by atoms with Gasteiger partial charge in [0.05, 0.1) is 4.92 Å². The summed E-state index contributed by atoms with van der Waals surface area (Å²) in [5.74, 6) is 0. The van der Waals surface area contributed by atoms with Gasteiger partial charge in [-0.2, -0.15) is 0 Å². The molecule has 0 aliphatic heterocycles. The van der Waals surface area contributed by atoms with Gasteiger partial charge in [0.1, 0.15) is 5.69 Å². The number of benzene rings is 1. The number of nitro benzene ring substituents is 1. The molecule has 0 unspecified atom stereocenters. The quantitative estimate of drug-likeness (QED) is 0.669. The second kappa shape index (κ2) is 5.99. The smallest absolute Gasteiger partial charge is 0.292 e. The van der Waals surface area contributed by atoms with Crippen LogP contribution in [0, 0.1) is 30.9 Å². The Morgan fingerprint density at radius 1 is 1.24 bits per heavy atom.